The Labute approximate surface area is 188 Å². The highest BCUT2D eigenvalue weighted by Crippen LogP contribution is 2.22. The summed E-state index contributed by atoms with van der Waals surface area (Å²) in [5.41, 5.74) is 1.82. The van der Waals surface area contributed by atoms with Crippen molar-refractivity contribution < 1.29 is 14.1 Å². The summed E-state index contributed by atoms with van der Waals surface area (Å²) in [5, 5.41) is 4.00. The Balaban J connectivity index is 1.18. The van der Waals surface area contributed by atoms with Gasteiger partial charge in [-0.2, -0.15) is 4.98 Å². The standard InChI is InChI=1S/C24H29N5O3/c1-3-22-26-23(27-32-22)19-7-9-21(10-8-19)31-18(2)6-4-5-15-28-16-17-29(24(28)30)20-11-13-25-14-12-20/h7-14,18H,3-6,15-17H2,1-2H3. The summed E-state index contributed by atoms with van der Waals surface area (Å²) >= 11 is 0. The van der Waals surface area contributed by atoms with Gasteiger partial charge in [-0.15, -0.1) is 0 Å². The molecule has 0 N–H and O–H groups in total. The van der Waals surface area contributed by atoms with Gasteiger partial charge in [0.25, 0.3) is 0 Å². The van der Waals surface area contributed by atoms with Gasteiger partial charge >= 0.3 is 6.03 Å². The Morgan fingerprint density at radius 2 is 1.88 bits per heavy atom. The van der Waals surface area contributed by atoms with Crippen LogP contribution in [0, 0.1) is 0 Å². The predicted octanol–water partition coefficient (Wildman–Crippen LogP) is 4.57. The Bertz CT molecular complexity index is 1010. The maximum Gasteiger partial charge on any atom is 0.324 e. The number of pyridine rings is 1. The zero-order chi connectivity index (χ0) is 22.3. The highest BCUT2D eigenvalue weighted by molar-refractivity contribution is 5.93. The van der Waals surface area contributed by atoms with Gasteiger partial charge < -0.3 is 14.2 Å². The number of hydrogen-bond donors (Lipinski definition) is 0. The average molecular weight is 436 g/mol. The third kappa shape index (κ3) is 5.25. The minimum Gasteiger partial charge on any atom is -0.491 e. The largest absolute Gasteiger partial charge is 0.491 e. The molecule has 0 spiro atoms. The van der Waals surface area contributed by atoms with Crippen molar-refractivity contribution in [1.82, 2.24) is 20.0 Å². The molecule has 1 aliphatic heterocycles. The van der Waals surface area contributed by atoms with Crippen LogP contribution in [0.2, 0.25) is 0 Å². The normalized spacial score (nSPS) is 14.8. The van der Waals surface area contributed by atoms with Crippen molar-refractivity contribution in [1.29, 1.82) is 0 Å². The molecule has 8 nitrogen and oxygen atoms in total. The second-order valence-electron chi connectivity index (χ2n) is 7.94. The zero-order valence-corrected chi connectivity index (χ0v) is 18.6. The minimum atomic E-state index is 0.0771. The fourth-order valence-corrected chi connectivity index (χ4v) is 3.78. The number of ether oxygens (including phenoxy) is 1. The summed E-state index contributed by atoms with van der Waals surface area (Å²) < 4.78 is 11.2. The SMILES string of the molecule is CCc1nc(-c2ccc(OC(C)CCCCN3CCN(c4ccncc4)C3=O)cc2)no1. The first-order valence-electron chi connectivity index (χ1n) is 11.2. The van der Waals surface area contributed by atoms with E-state index in [2.05, 4.69) is 22.0 Å². The van der Waals surface area contributed by atoms with E-state index in [-0.39, 0.29) is 12.1 Å². The van der Waals surface area contributed by atoms with Gasteiger partial charge in [0.1, 0.15) is 5.75 Å². The van der Waals surface area contributed by atoms with Crippen LogP contribution < -0.4 is 9.64 Å². The van der Waals surface area contributed by atoms with Crippen molar-refractivity contribution in [3.8, 4) is 17.1 Å². The van der Waals surface area contributed by atoms with E-state index in [4.69, 9.17) is 9.26 Å². The van der Waals surface area contributed by atoms with Crippen molar-refractivity contribution in [3.63, 3.8) is 0 Å². The lowest BCUT2D eigenvalue weighted by Crippen LogP contribution is -2.32. The van der Waals surface area contributed by atoms with Gasteiger partial charge in [0.15, 0.2) is 0 Å². The van der Waals surface area contributed by atoms with Crippen LogP contribution in [0.1, 0.15) is 39.0 Å². The highest BCUT2D eigenvalue weighted by Gasteiger charge is 2.28. The third-order valence-electron chi connectivity index (χ3n) is 5.58. The molecule has 0 aliphatic carbocycles. The predicted molar refractivity (Wildman–Crippen MR) is 122 cm³/mol. The topological polar surface area (TPSA) is 84.6 Å². The van der Waals surface area contributed by atoms with Crippen LogP contribution in [0.25, 0.3) is 11.4 Å². The molecule has 168 valence electrons. The number of urea groups is 1. The molecule has 3 aromatic rings. The Morgan fingerprint density at radius 1 is 1.09 bits per heavy atom. The number of unbranched alkanes of at least 4 members (excludes halogenated alkanes) is 1. The Kier molecular flexibility index (Phi) is 6.99. The van der Waals surface area contributed by atoms with Gasteiger partial charge in [-0.05, 0) is 62.6 Å². The Morgan fingerprint density at radius 3 is 2.59 bits per heavy atom. The van der Waals surface area contributed by atoms with E-state index in [1.165, 1.54) is 0 Å². The molecule has 1 aromatic carbocycles. The number of aryl methyl sites for hydroxylation is 1. The molecule has 0 saturated carbocycles. The first-order chi connectivity index (χ1) is 15.6. The number of carbonyl (C=O) groups excluding carboxylic acids is 1. The van der Waals surface area contributed by atoms with Crippen LogP contribution in [-0.4, -0.2) is 51.8 Å². The molecule has 2 amide bonds. The van der Waals surface area contributed by atoms with Crippen LogP contribution in [0.3, 0.4) is 0 Å². The van der Waals surface area contributed by atoms with Gasteiger partial charge in [0, 0.05) is 49.7 Å². The second kappa shape index (κ2) is 10.3. The molecule has 8 heteroatoms. The van der Waals surface area contributed by atoms with E-state index in [1.54, 1.807) is 12.4 Å². The number of amides is 2. The smallest absolute Gasteiger partial charge is 0.324 e. The summed E-state index contributed by atoms with van der Waals surface area (Å²) in [5.74, 6) is 2.05. The summed E-state index contributed by atoms with van der Waals surface area (Å²) in [6, 6.07) is 11.6. The third-order valence-corrected chi connectivity index (χ3v) is 5.58. The molecule has 1 aliphatic rings. The first kappa shape index (κ1) is 21.8. The van der Waals surface area contributed by atoms with E-state index in [0.717, 1.165) is 62.3 Å². The van der Waals surface area contributed by atoms with E-state index in [0.29, 0.717) is 11.7 Å². The van der Waals surface area contributed by atoms with Gasteiger partial charge in [-0.25, -0.2) is 4.79 Å². The van der Waals surface area contributed by atoms with Crippen molar-refractivity contribution in [3.05, 3.63) is 54.7 Å². The molecule has 2 aromatic heterocycles. The van der Waals surface area contributed by atoms with Gasteiger partial charge in [-0.3, -0.25) is 9.88 Å². The average Bonchev–Trinajstić information content (AvgIpc) is 3.45. The number of rotatable bonds is 10. The van der Waals surface area contributed by atoms with Crippen LogP contribution in [-0.2, 0) is 6.42 Å². The number of aromatic nitrogens is 3. The van der Waals surface area contributed by atoms with Crippen LogP contribution in [0.4, 0.5) is 10.5 Å². The monoisotopic (exact) mass is 435 g/mol. The van der Waals surface area contributed by atoms with Gasteiger partial charge in [0.2, 0.25) is 11.7 Å². The van der Waals surface area contributed by atoms with E-state index in [1.807, 2.05) is 53.1 Å². The van der Waals surface area contributed by atoms with E-state index in [9.17, 15) is 4.79 Å². The molecular weight excluding hydrogens is 406 g/mol. The number of hydrogen-bond acceptors (Lipinski definition) is 6. The summed E-state index contributed by atoms with van der Waals surface area (Å²) in [6.45, 7) is 6.32. The molecule has 1 fully saturated rings. The molecule has 3 heterocycles. The molecule has 1 unspecified atom stereocenters. The van der Waals surface area contributed by atoms with Gasteiger partial charge in [0.05, 0.1) is 6.10 Å². The molecule has 0 bridgehead atoms. The fourth-order valence-electron chi connectivity index (χ4n) is 3.78. The minimum absolute atomic E-state index is 0.0771. The van der Waals surface area contributed by atoms with E-state index < -0.39 is 0 Å². The summed E-state index contributed by atoms with van der Waals surface area (Å²) in [4.78, 5) is 24.7. The highest BCUT2D eigenvalue weighted by atomic mass is 16.5. The quantitative estimate of drug-likeness (QED) is 0.434. The van der Waals surface area contributed by atoms with Crippen LogP contribution in [0.15, 0.2) is 53.3 Å². The van der Waals surface area contributed by atoms with Crippen molar-refractivity contribution in [2.75, 3.05) is 24.5 Å². The summed E-state index contributed by atoms with van der Waals surface area (Å²) in [7, 11) is 0. The van der Waals surface area contributed by atoms with Crippen molar-refractivity contribution in [2.24, 2.45) is 0 Å². The lowest BCUT2D eigenvalue weighted by Gasteiger charge is -2.19. The first-order valence-corrected chi connectivity index (χ1v) is 11.2. The summed E-state index contributed by atoms with van der Waals surface area (Å²) in [6.07, 6.45) is 7.14. The van der Waals surface area contributed by atoms with Crippen LogP contribution >= 0.6 is 0 Å². The second-order valence-corrected chi connectivity index (χ2v) is 7.94. The zero-order valence-electron chi connectivity index (χ0n) is 18.6. The number of anilines is 1. The lowest BCUT2D eigenvalue weighted by atomic mass is 10.1. The maximum absolute atomic E-state index is 12.6. The van der Waals surface area contributed by atoms with Crippen molar-refractivity contribution in [2.45, 2.75) is 45.6 Å². The fraction of sp³-hybridized carbons (Fsp3) is 0.417. The molecule has 1 saturated heterocycles. The van der Waals surface area contributed by atoms with Gasteiger partial charge in [-0.1, -0.05) is 12.1 Å². The lowest BCUT2D eigenvalue weighted by molar-refractivity contribution is 0.201. The molecule has 4 rings (SSSR count). The maximum atomic E-state index is 12.6. The molecule has 0 radical (unpaired) electrons. The van der Waals surface area contributed by atoms with Crippen LogP contribution in [0.5, 0.6) is 5.75 Å². The number of carbonyl (C=O) groups is 1. The number of nitrogens with zero attached hydrogens (tertiary/aromatic N) is 5. The molecule has 32 heavy (non-hydrogen) atoms. The molecular formula is C24H29N5O3. The van der Waals surface area contributed by atoms with E-state index >= 15 is 0 Å². The Hall–Kier alpha value is -3.42. The van der Waals surface area contributed by atoms with Crippen molar-refractivity contribution >= 4 is 11.7 Å². The number of benzene rings is 1. The molecule has 1 atom stereocenters.